The van der Waals surface area contributed by atoms with Crippen molar-refractivity contribution in [1.82, 2.24) is 31.0 Å². The summed E-state index contributed by atoms with van der Waals surface area (Å²) in [5.41, 5.74) is -1.35. The number of alkyl carbamates (subject to hydrolysis) is 2. The van der Waals surface area contributed by atoms with Gasteiger partial charge in [-0.25, -0.2) is 9.59 Å². The lowest BCUT2D eigenvalue weighted by Crippen LogP contribution is -2.48. The molecule has 2 aromatic rings. The molecule has 0 spiro atoms. The predicted octanol–water partition coefficient (Wildman–Crippen LogP) is 4.93. The molecule has 0 aliphatic rings. The minimum atomic E-state index is -0.795. The van der Waals surface area contributed by atoms with Crippen LogP contribution in [0.1, 0.15) is 92.1 Å². The molecule has 0 aromatic carbocycles. The molecular formula is C28H46N8O6S2. The van der Waals surface area contributed by atoms with Gasteiger partial charge in [0.15, 0.2) is 0 Å². The van der Waals surface area contributed by atoms with E-state index in [4.69, 9.17) is 9.47 Å². The highest BCUT2D eigenvalue weighted by atomic mass is 32.1. The maximum Gasteiger partial charge on any atom is 0.408 e. The molecule has 2 aromatic heterocycles. The molecule has 4 amide bonds. The minimum Gasteiger partial charge on any atom is -0.444 e. The van der Waals surface area contributed by atoms with Crippen LogP contribution in [0.5, 0.6) is 0 Å². The number of anilines is 2. The minimum absolute atomic E-state index is 0.172. The number of amides is 4. The summed E-state index contributed by atoms with van der Waals surface area (Å²) < 4.78 is 10.5. The van der Waals surface area contributed by atoms with Crippen molar-refractivity contribution in [3.8, 4) is 0 Å². The van der Waals surface area contributed by atoms with Crippen LogP contribution in [0.25, 0.3) is 0 Å². The van der Waals surface area contributed by atoms with E-state index in [9.17, 15) is 19.2 Å². The van der Waals surface area contributed by atoms with Gasteiger partial charge in [-0.3, -0.25) is 20.2 Å². The maximum absolute atomic E-state index is 12.8. The fourth-order valence-corrected chi connectivity index (χ4v) is 5.24. The molecule has 246 valence electrons. The Morgan fingerprint density at radius 3 is 1.27 bits per heavy atom. The first kappa shape index (κ1) is 36.8. The van der Waals surface area contributed by atoms with E-state index in [1.54, 1.807) is 41.5 Å². The quantitative estimate of drug-likeness (QED) is 0.216. The van der Waals surface area contributed by atoms with Gasteiger partial charge in [-0.05, 0) is 66.2 Å². The van der Waals surface area contributed by atoms with E-state index in [1.807, 2.05) is 27.7 Å². The summed E-state index contributed by atoms with van der Waals surface area (Å²) in [6.45, 7) is 17.8. The van der Waals surface area contributed by atoms with Gasteiger partial charge in [0.05, 0.1) is 0 Å². The highest BCUT2D eigenvalue weighted by Crippen LogP contribution is 2.21. The summed E-state index contributed by atoms with van der Waals surface area (Å²) in [6, 6.07) is -1.59. The molecule has 44 heavy (non-hydrogen) atoms. The lowest BCUT2D eigenvalue weighted by atomic mass is 10.0. The maximum atomic E-state index is 12.8. The van der Waals surface area contributed by atoms with Gasteiger partial charge in [0, 0.05) is 12.8 Å². The molecule has 0 aliphatic carbocycles. The van der Waals surface area contributed by atoms with Crippen LogP contribution in [-0.2, 0) is 31.9 Å². The van der Waals surface area contributed by atoms with Crippen molar-refractivity contribution in [2.45, 2.75) is 118 Å². The average Bonchev–Trinajstić information content (AvgIpc) is 3.50. The second-order valence-corrected chi connectivity index (χ2v) is 15.0. The Morgan fingerprint density at radius 1 is 0.636 bits per heavy atom. The molecule has 2 rings (SSSR count). The highest BCUT2D eigenvalue weighted by molar-refractivity contribution is 7.15. The summed E-state index contributed by atoms with van der Waals surface area (Å²) in [6.07, 6.45) is 1.59. The van der Waals surface area contributed by atoms with Gasteiger partial charge in [-0.1, -0.05) is 50.4 Å². The summed E-state index contributed by atoms with van der Waals surface area (Å²) in [5, 5.41) is 29.4. The van der Waals surface area contributed by atoms with E-state index < -0.39 is 47.3 Å². The van der Waals surface area contributed by atoms with Crippen molar-refractivity contribution in [2.75, 3.05) is 10.6 Å². The van der Waals surface area contributed by atoms with E-state index in [-0.39, 0.29) is 11.8 Å². The van der Waals surface area contributed by atoms with Crippen LogP contribution in [-0.4, -0.2) is 67.7 Å². The van der Waals surface area contributed by atoms with E-state index in [1.165, 1.54) is 22.7 Å². The Kier molecular flexibility index (Phi) is 13.4. The fourth-order valence-electron chi connectivity index (χ4n) is 3.67. The first-order valence-corrected chi connectivity index (χ1v) is 16.2. The van der Waals surface area contributed by atoms with Crippen molar-refractivity contribution in [3.05, 3.63) is 10.0 Å². The third kappa shape index (κ3) is 13.5. The summed E-state index contributed by atoms with van der Waals surface area (Å²) >= 11 is 2.56. The van der Waals surface area contributed by atoms with E-state index >= 15 is 0 Å². The van der Waals surface area contributed by atoms with Crippen molar-refractivity contribution in [3.63, 3.8) is 0 Å². The van der Waals surface area contributed by atoms with E-state index in [0.717, 1.165) is 22.9 Å². The molecular weight excluding hydrogens is 608 g/mol. The number of carbonyl (C=O) groups excluding carboxylic acids is 4. The largest absolute Gasteiger partial charge is 0.444 e. The predicted molar refractivity (Wildman–Crippen MR) is 170 cm³/mol. The number of hydrogen-bond acceptors (Lipinski definition) is 12. The average molecular weight is 655 g/mol. The second-order valence-electron chi connectivity index (χ2n) is 12.9. The molecule has 2 unspecified atom stereocenters. The molecule has 0 radical (unpaired) electrons. The van der Waals surface area contributed by atoms with Gasteiger partial charge in [-0.15, -0.1) is 20.4 Å². The number of hydrogen-bond donors (Lipinski definition) is 4. The summed E-state index contributed by atoms with van der Waals surface area (Å²) in [5.74, 6) is -1.13. The SMILES string of the molecule is CC(C)C(NC(=O)OC(C)(C)C)C(=O)Nc1nnc(CCCCc2nnc(NC(=O)C(NC(=O)OC(C)(C)C)C(C)C)s2)s1. The van der Waals surface area contributed by atoms with Gasteiger partial charge in [0.25, 0.3) is 0 Å². The van der Waals surface area contributed by atoms with Gasteiger partial charge in [-0.2, -0.15) is 0 Å². The Hall–Kier alpha value is -3.40. The number of carbonyl (C=O) groups is 4. The van der Waals surface area contributed by atoms with Gasteiger partial charge < -0.3 is 20.1 Å². The third-order valence-corrected chi connectivity index (χ3v) is 7.46. The number of rotatable bonds is 13. The molecule has 4 N–H and O–H groups in total. The van der Waals surface area contributed by atoms with E-state index in [2.05, 4.69) is 41.7 Å². The summed E-state index contributed by atoms with van der Waals surface area (Å²) in [4.78, 5) is 50.0. The lowest BCUT2D eigenvalue weighted by Gasteiger charge is -2.24. The van der Waals surface area contributed by atoms with Gasteiger partial charge in [0.2, 0.25) is 22.1 Å². The second kappa shape index (κ2) is 16.1. The Morgan fingerprint density at radius 2 is 0.977 bits per heavy atom. The number of nitrogens with one attached hydrogen (secondary N) is 4. The van der Waals surface area contributed by atoms with Crippen LogP contribution < -0.4 is 21.3 Å². The van der Waals surface area contributed by atoms with Crippen molar-refractivity contribution in [1.29, 1.82) is 0 Å². The standard InChI is InChI=1S/C28H46N8O6S2/c1-15(2)19(29-25(39)41-27(5,6)7)21(37)31-23-35-33-17(43-23)13-11-12-14-18-34-36-24(44-18)32-22(38)20(16(3)4)30-26(40)42-28(8,9)10/h15-16,19-20H,11-14H2,1-10H3,(H,29,39)(H,30,40)(H,31,35,37)(H,32,36,38). The van der Waals surface area contributed by atoms with Crippen LogP contribution in [0.4, 0.5) is 19.9 Å². The highest BCUT2D eigenvalue weighted by Gasteiger charge is 2.29. The van der Waals surface area contributed by atoms with Crippen molar-refractivity contribution >= 4 is 56.9 Å². The number of ether oxygens (including phenoxy) is 2. The molecule has 2 heterocycles. The zero-order chi connectivity index (χ0) is 33.2. The molecule has 0 bridgehead atoms. The zero-order valence-electron chi connectivity index (χ0n) is 27.2. The first-order chi connectivity index (χ1) is 20.3. The number of unbranched alkanes of at least 4 members (excludes halogenated alkanes) is 1. The lowest BCUT2D eigenvalue weighted by molar-refractivity contribution is -0.119. The fraction of sp³-hybridized carbons (Fsp3) is 0.714. The Balaban J connectivity index is 1.81. The first-order valence-electron chi connectivity index (χ1n) is 14.6. The Labute approximate surface area is 266 Å². The molecule has 2 atom stereocenters. The van der Waals surface area contributed by atoms with Gasteiger partial charge in [0.1, 0.15) is 33.3 Å². The molecule has 0 saturated carbocycles. The molecule has 0 aliphatic heterocycles. The van der Waals surface area contributed by atoms with Gasteiger partial charge >= 0.3 is 12.2 Å². The number of aromatic nitrogens is 4. The number of nitrogens with zero attached hydrogens (tertiary/aromatic N) is 4. The van der Waals surface area contributed by atoms with E-state index in [0.29, 0.717) is 23.1 Å². The van der Waals surface area contributed by atoms with Crippen LogP contribution >= 0.6 is 22.7 Å². The Bertz CT molecular complexity index is 1170. The van der Waals surface area contributed by atoms with Crippen molar-refractivity contribution < 1.29 is 28.7 Å². The van der Waals surface area contributed by atoms with Crippen molar-refractivity contribution in [2.24, 2.45) is 11.8 Å². The van der Waals surface area contributed by atoms with Crippen LogP contribution in [0.15, 0.2) is 0 Å². The zero-order valence-corrected chi connectivity index (χ0v) is 28.8. The van der Waals surface area contributed by atoms with Crippen LogP contribution in [0.2, 0.25) is 0 Å². The summed E-state index contributed by atoms with van der Waals surface area (Å²) in [7, 11) is 0. The molecule has 14 nitrogen and oxygen atoms in total. The third-order valence-electron chi connectivity index (χ3n) is 5.67. The smallest absolute Gasteiger partial charge is 0.408 e. The monoisotopic (exact) mass is 654 g/mol. The number of aryl methyl sites for hydroxylation is 2. The van der Waals surface area contributed by atoms with Crippen LogP contribution in [0, 0.1) is 11.8 Å². The topological polar surface area (TPSA) is 186 Å². The van der Waals surface area contributed by atoms with Crippen LogP contribution in [0.3, 0.4) is 0 Å². The molecule has 16 heteroatoms. The molecule has 0 saturated heterocycles. The molecule has 0 fully saturated rings. The normalized spacial score (nSPS) is 13.3.